The van der Waals surface area contributed by atoms with Gasteiger partial charge in [-0.25, -0.2) is 0 Å². The largest absolute Gasteiger partial charge is 0.466 e. The van der Waals surface area contributed by atoms with E-state index in [1.807, 2.05) is 6.08 Å². The van der Waals surface area contributed by atoms with Crippen molar-refractivity contribution in [3.63, 3.8) is 0 Å². The van der Waals surface area contributed by atoms with Crippen molar-refractivity contribution < 1.29 is 24.5 Å². The normalized spacial score (nSPS) is 13.0. The molecule has 2 unspecified atom stereocenters. The maximum absolute atomic E-state index is 12.4. The Labute approximate surface area is 404 Å². The Bertz CT molecular complexity index is 1100. The number of hydrogen-bond donors (Lipinski definition) is 3. The van der Waals surface area contributed by atoms with Gasteiger partial charge in [-0.1, -0.05) is 236 Å². The van der Waals surface area contributed by atoms with Crippen LogP contribution in [0, 0.1) is 0 Å². The van der Waals surface area contributed by atoms with Gasteiger partial charge in [0.15, 0.2) is 0 Å². The molecule has 380 valence electrons. The first-order valence-corrected chi connectivity index (χ1v) is 28.4. The zero-order valence-electron chi connectivity index (χ0n) is 43.2. The van der Waals surface area contributed by atoms with Crippen LogP contribution in [-0.4, -0.2) is 47.4 Å². The lowest BCUT2D eigenvalue weighted by Crippen LogP contribution is -2.45. The molecule has 0 radical (unpaired) electrons. The molecule has 0 aliphatic rings. The number of nitrogens with one attached hydrogen (secondary N) is 1. The predicted octanol–water partition coefficient (Wildman–Crippen LogP) is 17.4. The van der Waals surface area contributed by atoms with Crippen molar-refractivity contribution in [3.05, 3.63) is 48.6 Å². The Hall–Kier alpha value is -2.18. The number of carbonyl (C=O) groups is 2. The summed E-state index contributed by atoms with van der Waals surface area (Å²) in [5.41, 5.74) is 0. The van der Waals surface area contributed by atoms with Crippen molar-refractivity contribution in [3.8, 4) is 0 Å². The van der Waals surface area contributed by atoms with Gasteiger partial charge in [-0.05, 0) is 89.9 Å². The monoisotopic (exact) mass is 912 g/mol. The minimum atomic E-state index is -0.849. The summed E-state index contributed by atoms with van der Waals surface area (Å²) in [5.74, 6) is -0.0818. The van der Waals surface area contributed by atoms with E-state index in [0.717, 1.165) is 57.8 Å². The molecule has 0 aromatic heterocycles. The van der Waals surface area contributed by atoms with Crippen LogP contribution in [0.25, 0.3) is 0 Å². The third-order valence-corrected chi connectivity index (χ3v) is 12.8. The first kappa shape index (κ1) is 62.8. The first-order valence-electron chi connectivity index (χ1n) is 28.4. The average Bonchev–Trinajstić information content (AvgIpc) is 3.31. The second-order valence-electron chi connectivity index (χ2n) is 19.3. The number of aliphatic hydroxyl groups excluding tert-OH is 2. The molecule has 0 rings (SSSR count). The van der Waals surface area contributed by atoms with Crippen LogP contribution in [0.1, 0.15) is 290 Å². The smallest absolute Gasteiger partial charge is 0.305 e. The lowest BCUT2D eigenvalue weighted by atomic mass is 10.1. The fourth-order valence-electron chi connectivity index (χ4n) is 8.42. The highest BCUT2D eigenvalue weighted by atomic mass is 16.5. The van der Waals surface area contributed by atoms with E-state index in [9.17, 15) is 19.8 Å². The van der Waals surface area contributed by atoms with Gasteiger partial charge in [0.1, 0.15) is 0 Å². The number of allylic oxidation sites excluding steroid dienone is 7. The summed E-state index contributed by atoms with van der Waals surface area (Å²) in [6.07, 6.45) is 68.4. The van der Waals surface area contributed by atoms with E-state index in [1.54, 1.807) is 6.08 Å². The first-order chi connectivity index (χ1) is 32.0. The van der Waals surface area contributed by atoms with E-state index in [-0.39, 0.29) is 18.5 Å². The minimum absolute atomic E-state index is 0.00297. The van der Waals surface area contributed by atoms with Crippen molar-refractivity contribution in [1.82, 2.24) is 5.32 Å². The number of amides is 1. The molecule has 0 aliphatic heterocycles. The van der Waals surface area contributed by atoms with E-state index >= 15 is 0 Å². The number of carbonyl (C=O) groups excluding carboxylic acids is 2. The van der Waals surface area contributed by atoms with E-state index in [1.165, 1.54) is 205 Å². The molecule has 0 heterocycles. The van der Waals surface area contributed by atoms with Crippen LogP contribution in [0.4, 0.5) is 0 Å². The van der Waals surface area contributed by atoms with E-state index < -0.39 is 12.1 Å². The van der Waals surface area contributed by atoms with Gasteiger partial charge in [0.2, 0.25) is 5.91 Å². The fourth-order valence-corrected chi connectivity index (χ4v) is 8.42. The van der Waals surface area contributed by atoms with Gasteiger partial charge in [-0.15, -0.1) is 0 Å². The molecule has 0 spiro atoms. The fraction of sp³-hybridized carbons (Fsp3) is 0.831. The van der Waals surface area contributed by atoms with Crippen LogP contribution in [0.2, 0.25) is 0 Å². The summed E-state index contributed by atoms with van der Waals surface area (Å²) in [6, 6.07) is -0.634. The molecule has 3 N–H and O–H groups in total. The van der Waals surface area contributed by atoms with Crippen LogP contribution < -0.4 is 5.32 Å². The highest BCUT2D eigenvalue weighted by Crippen LogP contribution is 2.15. The van der Waals surface area contributed by atoms with Crippen molar-refractivity contribution in [1.29, 1.82) is 0 Å². The summed E-state index contributed by atoms with van der Waals surface area (Å²) < 4.78 is 5.48. The maximum atomic E-state index is 12.4. The Kier molecular flexibility index (Phi) is 52.6. The van der Waals surface area contributed by atoms with Gasteiger partial charge in [-0.2, -0.15) is 0 Å². The van der Waals surface area contributed by atoms with Crippen molar-refractivity contribution in [2.45, 2.75) is 302 Å². The lowest BCUT2D eigenvalue weighted by Gasteiger charge is -2.20. The molecular weight excluding hydrogens is 803 g/mol. The van der Waals surface area contributed by atoms with Crippen LogP contribution in [0.15, 0.2) is 48.6 Å². The minimum Gasteiger partial charge on any atom is -0.466 e. The topological polar surface area (TPSA) is 95.9 Å². The van der Waals surface area contributed by atoms with Crippen LogP contribution >= 0.6 is 0 Å². The average molecular weight is 913 g/mol. The zero-order chi connectivity index (χ0) is 47.2. The van der Waals surface area contributed by atoms with Gasteiger partial charge in [0, 0.05) is 12.8 Å². The third-order valence-electron chi connectivity index (χ3n) is 12.8. The lowest BCUT2D eigenvalue weighted by molar-refractivity contribution is -0.143. The SMILES string of the molecule is CCCCC/C=C\C/C=C\CCCCCCCCCC(=O)OCCCCCCCCCCC/C=C\CCCCCCCCCC(=O)NC(CO)C(O)/C=C/CCCCCCCCCCC. The molecule has 65 heavy (non-hydrogen) atoms. The van der Waals surface area contributed by atoms with Crippen molar-refractivity contribution >= 4 is 11.9 Å². The molecule has 0 saturated carbocycles. The van der Waals surface area contributed by atoms with Gasteiger partial charge in [0.25, 0.3) is 0 Å². The molecule has 1 amide bonds. The molecule has 6 heteroatoms. The second-order valence-corrected chi connectivity index (χ2v) is 19.3. The number of rotatable bonds is 52. The molecule has 6 nitrogen and oxygen atoms in total. The molecule has 0 saturated heterocycles. The molecular formula is C59H109NO5. The zero-order valence-corrected chi connectivity index (χ0v) is 43.2. The van der Waals surface area contributed by atoms with Gasteiger partial charge >= 0.3 is 5.97 Å². The predicted molar refractivity (Wildman–Crippen MR) is 282 cm³/mol. The Morgan fingerprint density at radius 2 is 0.769 bits per heavy atom. The maximum Gasteiger partial charge on any atom is 0.305 e. The third kappa shape index (κ3) is 51.1. The summed E-state index contributed by atoms with van der Waals surface area (Å²) >= 11 is 0. The summed E-state index contributed by atoms with van der Waals surface area (Å²) in [4.78, 5) is 24.5. The number of hydrogen-bond acceptors (Lipinski definition) is 5. The van der Waals surface area contributed by atoms with Gasteiger partial charge in [0.05, 0.1) is 25.4 Å². The summed E-state index contributed by atoms with van der Waals surface area (Å²) in [6.45, 7) is 4.85. The number of aliphatic hydroxyl groups is 2. The molecule has 0 aromatic carbocycles. The van der Waals surface area contributed by atoms with Crippen LogP contribution in [0.5, 0.6) is 0 Å². The molecule has 0 aromatic rings. The van der Waals surface area contributed by atoms with E-state index in [4.69, 9.17) is 4.74 Å². The molecule has 0 fully saturated rings. The Balaban J connectivity index is 3.44. The summed E-state index contributed by atoms with van der Waals surface area (Å²) in [5, 5.41) is 23.0. The van der Waals surface area contributed by atoms with Crippen LogP contribution in [-0.2, 0) is 14.3 Å². The van der Waals surface area contributed by atoms with E-state index in [0.29, 0.717) is 19.4 Å². The number of unbranched alkanes of at least 4 members (excludes halogenated alkanes) is 35. The molecule has 2 atom stereocenters. The summed E-state index contributed by atoms with van der Waals surface area (Å²) in [7, 11) is 0. The number of esters is 1. The van der Waals surface area contributed by atoms with Gasteiger partial charge in [-0.3, -0.25) is 9.59 Å². The quantitative estimate of drug-likeness (QED) is 0.0321. The highest BCUT2D eigenvalue weighted by molar-refractivity contribution is 5.76. The standard InChI is InChI=1S/C59H109NO5/c1-3-5-7-9-11-13-15-16-17-22-26-29-33-37-41-45-49-53-59(64)65-54-50-46-42-38-34-30-27-24-21-19-18-20-23-25-28-32-36-40-44-48-52-58(63)60-56(55-61)57(62)51-47-43-39-35-31-14-12-10-8-6-4-2/h11,13,16-18,20,47,51,56-57,61-62H,3-10,12,14-15,19,21-46,48-50,52-55H2,1-2H3,(H,60,63)/b13-11-,17-16-,20-18-,51-47+. The highest BCUT2D eigenvalue weighted by Gasteiger charge is 2.18. The van der Waals surface area contributed by atoms with E-state index in [2.05, 4.69) is 55.6 Å². The Morgan fingerprint density at radius 3 is 1.22 bits per heavy atom. The van der Waals surface area contributed by atoms with Crippen LogP contribution in [0.3, 0.4) is 0 Å². The van der Waals surface area contributed by atoms with Crippen molar-refractivity contribution in [2.75, 3.05) is 13.2 Å². The second kappa shape index (κ2) is 54.4. The Morgan fingerprint density at radius 1 is 0.431 bits per heavy atom. The molecule has 0 aliphatic carbocycles. The van der Waals surface area contributed by atoms with Gasteiger partial charge < -0.3 is 20.3 Å². The number of ether oxygens (including phenoxy) is 1. The molecule has 0 bridgehead atoms. The van der Waals surface area contributed by atoms with Crippen molar-refractivity contribution in [2.24, 2.45) is 0 Å².